The van der Waals surface area contributed by atoms with Crippen molar-refractivity contribution in [3.05, 3.63) is 0 Å². The van der Waals surface area contributed by atoms with E-state index in [0.717, 1.165) is 12.8 Å². The van der Waals surface area contributed by atoms with Crippen LogP contribution in [0.25, 0.3) is 0 Å². The first-order chi connectivity index (χ1) is 6.55. The number of carbonyl (C=O) groups is 1. The van der Waals surface area contributed by atoms with Gasteiger partial charge in [-0.1, -0.05) is 0 Å². The van der Waals surface area contributed by atoms with Crippen molar-refractivity contribution >= 4 is 5.91 Å². The summed E-state index contributed by atoms with van der Waals surface area (Å²) in [6, 6.07) is 0. The van der Waals surface area contributed by atoms with Crippen LogP contribution in [0.1, 0.15) is 32.6 Å². The van der Waals surface area contributed by atoms with E-state index in [0.29, 0.717) is 19.4 Å². The van der Waals surface area contributed by atoms with Gasteiger partial charge in [-0.3, -0.25) is 9.80 Å². The van der Waals surface area contributed by atoms with E-state index in [9.17, 15) is 9.90 Å². The fraction of sp³-hybridized carbons (Fsp3) is 0.900. The van der Waals surface area contributed by atoms with E-state index < -0.39 is 0 Å². The van der Waals surface area contributed by atoms with Gasteiger partial charge in [0, 0.05) is 25.6 Å². The molecule has 4 nitrogen and oxygen atoms in total. The Hall–Kier alpha value is -0.610. The Morgan fingerprint density at radius 1 is 1.57 bits per heavy atom. The zero-order valence-electron chi connectivity index (χ0n) is 8.86. The molecule has 1 aliphatic heterocycles. The minimum absolute atomic E-state index is 0.162. The lowest BCUT2D eigenvalue weighted by Crippen LogP contribution is -2.41. The first-order valence-electron chi connectivity index (χ1n) is 5.27. The summed E-state index contributed by atoms with van der Waals surface area (Å²) in [4.78, 5) is 11.7. The molecule has 1 saturated carbocycles. The molecule has 0 radical (unpaired) electrons. The predicted octanol–water partition coefficient (Wildman–Crippen LogP) is 0.369. The Kier molecular flexibility index (Phi) is 2.27. The van der Waals surface area contributed by atoms with Gasteiger partial charge in [0.25, 0.3) is 0 Å². The molecular formula is C10H18N2O2. The molecule has 0 bridgehead atoms. The van der Waals surface area contributed by atoms with Crippen LogP contribution in [0.15, 0.2) is 0 Å². The molecule has 2 aliphatic rings. The Morgan fingerprint density at radius 3 is 2.64 bits per heavy atom. The highest BCUT2D eigenvalue weighted by atomic mass is 16.3. The number of carbonyl (C=O) groups excluding carboxylic acids is 1. The van der Waals surface area contributed by atoms with Gasteiger partial charge in [-0.2, -0.15) is 0 Å². The zero-order chi connectivity index (χ0) is 10.3. The molecule has 80 valence electrons. The number of nitrogens with zero attached hydrogens (tertiary/aromatic N) is 2. The summed E-state index contributed by atoms with van der Waals surface area (Å²) in [6.07, 6.45) is 3.28. The predicted molar refractivity (Wildman–Crippen MR) is 52.4 cm³/mol. The van der Waals surface area contributed by atoms with E-state index in [1.807, 2.05) is 7.05 Å². The number of hydrogen-bond acceptors (Lipinski definition) is 3. The van der Waals surface area contributed by atoms with Gasteiger partial charge < -0.3 is 5.11 Å². The number of amides is 1. The smallest absolute Gasteiger partial charge is 0.238 e. The van der Waals surface area contributed by atoms with Gasteiger partial charge in [-0.15, -0.1) is 0 Å². The second kappa shape index (κ2) is 3.21. The van der Waals surface area contributed by atoms with Crippen LogP contribution < -0.4 is 0 Å². The molecule has 0 aromatic rings. The summed E-state index contributed by atoms with van der Waals surface area (Å²) >= 11 is 0. The highest BCUT2D eigenvalue weighted by Gasteiger charge is 2.55. The maximum atomic E-state index is 11.7. The number of aliphatic hydroxyl groups is 1. The normalized spacial score (nSPS) is 27.4. The summed E-state index contributed by atoms with van der Waals surface area (Å²) in [7, 11) is 1.99. The Labute approximate surface area is 84.5 Å². The Bertz CT molecular complexity index is 249. The van der Waals surface area contributed by atoms with Crippen molar-refractivity contribution in [2.45, 2.75) is 44.2 Å². The summed E-state index contributed by atoms with van der Waals surface area (Å²) in [6.45, 7) is 2.40. The second-order valence-corrected chi connectivity index (χ2v) is 4.58. The van der Waals surface area contributed by atoms with Crippen molar-refractivity contribution in [1.29, 1.82) is 0 Å². The third-order valence-corrected chi connectivity index (χ3v) is 3.40. The van der Waals surface area contributed by atoms with Gasteiger partial charge in [0.05, 0.1) is 6.10 Å². The van der Waals surface area contributed by atoms with Gasteiger partial charge in [-0.25, -0.2) is 5.01 Å². The van der Waals surface area contributed by atoms with Gasteiger partial charge in [0.1, 0.15) is 0 Å². The van der Waals surface area contributed by atoms with Crippen molar-refractivity contribution in [2.24, 2.45) is 0 Å². The molecule has 2 fully saturated rings. The first kappa shape index (κ1) is 9.93. The molecular weight excluding hydrogens is 180 g/mol. The van der Waals surface area contributed by atoms with Crippen molar-refractivity contribution in [3.63, 3.8) is 0 Å². The molecule has 1 saturated heterocycles. The van der Waals surface area contributed by atoms with Crippen LogP contribution in [0.4, 0.5) is 0 Å². The Balaban J connectivity index is 1.94. The summed E-state index contributed by atoms with van der Waals surface area (Å²) < 4.78 is 0. The number of hydrogen-bond donors (Lipinski definition) is 1. The minimum Gasteiger partial charge on any atom is -0.393 e. The zero-order valence-corrected chi connectivity index (χ0v) is 8.86. The van der Waals surface area contributed by atoms with E-state index in [2.05, 4.69) is 5.01 Å². The van der Waals surface area contributed by atoms with Crippen LogP contribution in [0.5, 0.6) is 0 Å². The quantitative estimate of drug-likeness (QED) is 0.712. The number of aliphatic hydroxyl groups excluding tert-OH is 1. The maximum Gasteiger partial charge on any atom is 0.238 e. The van der Waals surface area contributed by atoms with Gasteiger partial charge in [-0.05, 0) is 26.2 Å². The van der Waals surface area contributed by atoms with Crippen molar-refractivity contribution in [3.8, 4) is 0 Å². The average Bonchev–Trinajstić information content (AvgIpc) is 2.80. The van der Waals surface area contributed by atoms with Crippen LogP contribution in [0.3, 0.4) is 0 Å². The van der Waals surface area contributed by atoms with E-state index in [4.69, 9.17) is 0 Å². The maximum absolute atomic E-state index is 11.7. The summed E-state index contributed by atoms with van der Waals surface area (Å²) in [5.41, 5.74) is 0.162. The largest absolute Gasteiger partial charge is 0.393 e. The van der Waals surface area contributed by atoms with Crippen LogP contribution >= 0.6 is 0 Å². The van der Waals surface area contributed by atoms with E-state index in [1.165, 1.54) is 0 Å². The highest BCUT2D eigenvalue weighted by Crippen LogP contribution is 2.48. The number of rotatable bonds is 3. The van der Waals surface area contributed by atoms with Gasteiger partial charge in [0.15, 0.2) is 0 Å². The highest BCUT2D eigenvalue weighted by molar-refractivity contribution is 5.80. The van der Waals surface area contributed by atoms with Crippen molar-refractivity contribution in [2.75, 3.05) is 13.6 Å². The lowest BCUT2D eigenvalue weighted by molar-refractivity contribution is -0.137. The fourth-order valence-corrected chi connectivity index (χ4v) is 2.14. The molecule has 2 rings (SSSR count). The third kappa shape index (κ3) is 1.53. The topological polar surface area (TPSA) is 43.8 Å². The lowest BCUT2D eigenvalue weighted by atomic mass is 10.2. The van der Waals surface area contributed by atoms with Crippen LogP contribution in [0.2, 0.25) is 0 Å². The van der Waals surface area contributed by atoms with Crippen LogP contribution in [0, 0.1) is 0 Å². The third-order valence-electron chi connectivity index (χ3n) is 3.40. The van der Waals surface area contributed by atoms with Crippen molar-refractivity contribution in [1.82, 2.24) is 10.0 Å². The van der Waals surface area contributed by atoms with Gasteiger partial charge in [0.2, 0.25) is 5.91 Å². The van der Waals surface area contributed by atoms with Gasteiger partial charge >= 0.3 is 0 Å². The average molecular weight is 198 g/mol. The number of hydrazine groups is 1. The molecule has 0 aromatic carbocycles. The standard InChI is InChI=1S/C10H18N2O2/c1-8(13)3-6-12-9(14)7-10(4-5-10)11(12)2/h8,13H,3-7H2,1-2H3. The van der Waals surface area contributed by atoms with E-state index in [1.54, 1.807) is 11.9 Å². The fourth-order valence-electron chi connectivity index (χ4n) is 2.14. The Morgan fingerprint density at radius 2 is 2.21 bits per heavy atom. The molecule has 1 aliphatic carbocycles. The van der Waals surface area contributed by atoms with Crippen LogP contribution in [-0.2, 0) is 4.79 Å². The molecule has 1 N–H and O–H groups in total. The second-order valence-electron chi connectivity index (χ2n) is 4.58. The van der Waals surface area contributed by atoms with E-state index in [-0.39, 0.29) is 17.6 Å². The van der Waals surface area contributed by atoms with E-state index >= 15 is 0 Å². The summed E-state index contributed by atoms with van der Waals surface area (Å²) in [5.74, 6) is 0.214. The van der Waals surface area contributed by atoms with Crippen LogP contribution in [-0.4, -0.2) is 46.3 Å². The molecule has 1 heterocycles. The minimum atomic E-state index is -0.327. The summed E-state index contributed by atoms with van der Waals surface area (Å²) in [5, 5.41) is 13.0. The molecule has 1 unspecified atom stereocenters. The molecule has 4 heteroatoms. The monoisotopic (exact) mass is 198 g/mol. The lowest BCUT2D eigenvalue weighted by Gasteiger charge is -2.28. The van der Waals surface area contributed by atoms with Crippen molar-refractivity contribution < 1.29 is 9.90 Å². The molecule has 1 amide bonds. The first-order valence-corrected chi connectivity index (χ1v) is 5.27. The molecule has 1 atom stereocenters. The molecule has 14 heavy (non-hydrogen) atoms. The molecule has 1 spiro atoms. The SMILES string of the molecule is CC(O)CCN1C(=O)CC2(CC2)N1C. The molecule has 0 aromatic heterocycles.